The number of benzene rings is 1. The second-order valence-corrected chi connectivity index (χ2v) is 9.76. The van der Waals surface area contributed by atoms with E-state index in [1.807, 2.05) is 4.57 Å². The Balaban J connectivity index is 1.62. The van der Waals surface area contributed by atoms with Crippen molar-refractivity contribution in [3.8, 4) is 5.69 Å². The number of likely N-dealkylation sites (tertiary alicyclic amines) is 1. The molecule has 0 amide bonds. The minimum Gasteiger partial charge on any atom is -0.355 e. The fourth-order valence-electron chi connectivity index (χ4n) is 4.71. The number of Topliss-reactive ketones (excluding diaryl/α,β-unsaturated/α-hetero) is 2. The monoisotopic (exact) mass is 483 g/mol. The highest BCUT2D eigenvalue weighted by Crippen LogP contribution is 2.30. The molecule has 0 aliphatic carbocycles. The SMILES string of the molecule is CC(=O)c1c(C)[nH]c(C(=O)CSc2nnc([C@H](C)N3CCCCC3)n2-c2ccc(F)cc2)c1C. The third kappa shape index (κ3) is 4.86. The molecule has 0 bridgehead atoms. The van der Waals surface area contributed by atoms with E-state index in [1.54, 1.807) is 26.0 Å². The first-order valence-corrected chi connectivity index (χ1v) is 12.6. The molecule has 9 heteroatoms. The summed E-state index contributed by atoms with van der Waals surface area (Å²) in [7, 11) is 0. The van der Waals surface area contributed by atoms with Crippen molar-refractivity contribution in [1.82, 2.24) is 24.6 Å². The van der Waals surface area contributed by atoms with Gasteiger partial charge in [-0.2, -0.15) is 0 Å². The minimum absolute atomic E-state index is 0.0364. The Morgan fingerprint density at radius 2 is 1.79 bits per heavy atom. The molecule has 0 spiro atoms. The summed E-state index contributed by atoms with van der Waals surface area (Å²) in [4.78, 5) is 30.4. The zero-order valence-electron chi connectivity index (χ0n) is 20.0. The first-order valence-electron chi connectivity index (χ1n) is 11.6. The highest BCUT2D eigenvalue weighted by Gasteiger charge is 2.26. The van der Waals surface area contributed by atoms with Gasteiger partial charge in [-0.05, 0) is 83.5 Å². The van der Waals surface area contributed by atoms with Gasteiger partial charge in [-0.15, -0.1) is 10.2 Å². The van der Waals surface area contributed by atoms with Crippen LogP contribution < -0.4 is 0 Å². The minimum atomic E-state index is -0.314. The summed E-state index contributed by atoms with van der Waals surface area (Å²) >= 11 is 1.29. The molecule has 1 aliphatic rings. The van der Waals surface area contributed by atoms with Crippen LogP contribution in [0.3, 0.4) is 0 Å². The second-order valence-electron chi connectivity index (χ2n) is 8.82. The van der Waals surface area contributed by atoms with Gasteiger partial charge in [0, 0.05) is 16.9 Å². The number of aromatic amines is 1. The van der Waals surface area contributed by atoms with Gasteiger partial charge in [0.2, 0.25) is 0 Å². The molecular formula is C25H30FN5O2S. The van der Waals surface area contributed by atoms with Gasteiger partial charge in [0.15, 0.2) is 22.5 Å². The Kier molecular flexibility index (Phi) is 7.33. The lowest BCUT2D eigenvalue weighted by Crippen LogP contribution is -2.33. The number of nitrogens with zero attached hydrogens (tertiary/aromatic N) is 4. The number of hydrogen-bond donors (Lipinski definition) is 1. The largest absolute Gasteiger partial charge is 0.355 e. The molecule has 7 nitrogen and oxygen atoms in total. The summed E-state index contributed by atoms with van der Waals surface area (Å²) in [6.07, 6.45) is 3.55. The van der Waals surface area contributed by atoms with Crippen LogP contribution in [0.25, 0.3) is 5.69 Å². The molecule has 1 atom stereocenters. The van der Waals surface area contributed by atoms with Crippen LogP contribution in [-0.4, -0.2) is 55.1 Å². The molecule has 0 saturated carbocycles. The molecule has 1 aromatic carbocycles. The number of piperidine rings is 1. The van der Waals surface area contributed by atoms with Gasteiger partial charge in [-0.3, -0.25) is 19.1 Å². The molecule has 1 N–H and O–H groups in total. The molecule has 4 rings (SSSR count). The quantitative estimate of drug-likeness (QED) is 0.356. The van der Waals surface area contributed by atoms with E-state index in [1.165, 1.54) is 37.2 Å². The van der Waals surface area contributed by atoms with Crippen molar-refractivity contribution in [1.29, 1.82) is 0 Å². The van der Waals surface area contributed by atoms with Crippen molar-refractivity contribution in [3.63, 3.8) is 0 Å². The number of H-pyrrole nitrogens is 1. The average molecular weight is 484 g/mol. The van der Waals surface area contributed by atoms with Crippen LogP contribution in [0.15, 0.2) is 29.4 Å². The van der Waals surface area contributed by atoms with Gasteiger partial charge in [-0.1, -0.05) is 18.2 Å². The van der Waals surface area contributed by atoms with E-state index in [2.05, 4.69) is 27.0 Å². The lowest BCUT2D eigenvalue weighted by Gasteiger charge is -2.31. The third-order valence-electron chi connectivity index (χ3n) is 6.46. The number of hydrogen-bond acceptors (Lipinski definition) is 6. The third-order valence-corrected chi connectivity index (χ3v) is 7.38. The van der Waals surface area contributed by atoms with Crippen molar-refractivity contribution >= 4 is 23.3 Å². The fraction of sp³-hybridized carbons (Fsp3) is 0.440. The van der Waals surface area contributed by atoms with Crippen LogP contribution in [-0.2, 0) is 0 Å². The molecule has 0 radical (unpaired) electrons. The van der Waals surface area contributed by atoms with Crippen LogP contribution >= 0.6 is 11.8 Å². The number of ketones is 2. The number of halogens is 1. The van der Waals surface area contributed by atoms with Crippen molar-refractivity contribution in [2.45, 2.75) is 58.2 Å². The summed E-state index contributed by atoms with van der Waals surface area (Å²) in [6, 6.07) is 6.27. The van der Waals surface area contributed by atoms with Crippen LogP contribution in [0.5, 0.6) is 0 Å². The average Bonchev–Trinajstić information content (AvgIpc) is 3.38. The van der Waals surface area contributed by atoms with Crippen LogP contribution in [0, 0.1) is 19.7 Å². The van der Waals surface area contributed by atoms with Crippen molar-refractivity contribution in [3.05, 3.63) is 58.4 Å². The maximum atomic E-state index is 13.6. The van der Waals surface area contributed by atoms with Crippen LogP contribution in [0.1, 0.15) is 77.1 Å². The molecule has 180 valence electrons. The predicted octanol–water partition coefficient (Wildman–Crippen LogP) is 5.08. The number of thioether (sulfide) groups is 1. The van der Waals surface area contributed by atoms with Crippen molar-refractivity contribution < 1.29 is 14.0 Å². The van der Waals surface area contributed by atoms with Gasteiger partial charge in [-0.25, -0.2) is 4.39 Å². The smallest absolute Gasteiger partial charge is 0.196 e. The van der Waals surface area contributed by atoms with E-state index >= 15 is 0 Å². The maximum Gasteiger partial charge on any atom is 0.196 e. The summed E-state index contributed by atoms with van der Waals surface area (Å²) in [6.45, 7) is 9.21. The number of rotatable bonds is 8. The summed E-state index contributed by atoms with van der Waals surface area (Å²) in [5.74, 6) is 0.415. The Bertz CT molecular complexity index is 1190. The fourth-order valence-corrected chi connectivity index (χ4v) is 5.54. The summed E-state index contributed by atoms with van der Waals surface area (Å²) in [5, 5.41) is 9.48. The molecule has 3 aromatic rings. The van der Waals surface area contributed by atoms with Crippen molar-refractivity contribution in [2.75, 3.05) is 18.8 Å². The first-order chi connectivity index (χ1) is 16.3. The Morgan fingerprint density at radius 1 is 1.12 bits per heavy atom. The van der Waals surface area contributed by atoms with E-state index in [0.29, 0.717) is 27.7 Å². The molecular weight excluding hydrogens is 453 g/mol. The van der Waals surface area contributed by atoms with Gasteiger partial charge in [0.25, 0.3) is 0 Å². The highest BCUT2D eigenvalue weighted by molar-refractivity contribution is 7.99. The molecule has 34 heavy (non-hydrogen) atoms. The van der Waals surface area contributed by atoms with E-state index in [0.717, 1.165) is 37.4 Å². The number of nitrogens with one attached hydrogen (secondary N) is 1. The molecule has 1 saturated heterocycles. The van der Waals surface area contributed by atoms with Gasteiger partial charge in [0.05, 0.1) is 17.5 Å². The number of aryl methyl sites for hydroxylation is 1. The number of carbonyl (C=O) groups excluding carboxylic acids is 2. The number of carbonyl (C=O) groups is 2. The lowest BCUT2D eigenvalue weighted by atomic mass is 10.1. The Labute approximate surface area is 203 Å². The van der Waals surface area contributed by atoms with Crippen molar-refractivity contribution in [2.24, 2.45) is 0 Å². The normalized spacial score (nSPS) is 15.4. The van der Waals surface area contributed by atoms with E-state index in [4.69, 9.17) is 0 Å². The molecule has 2 aromatic heterocycles. The van der Waals surface area contributed by atoms with Gasteiger partial charge >= 0.3 is 0 Å². The second kappa shape index (κ2) is 10.2. The zero-order chi connectivity index (χ0) is 24.4. The lowest BCUT2D eigenvalue weighted by molar-refractivity contribution is 0.101. The van der Waals surface area contributed by atoms with E-state index in [9.17, 15) is 14.0 Å². The van der Waals surface area contributed by atoms with Gasteiger partial charge < -0.3 is 4.98 Å². The van der Waals surface area contributed by atoms with Crippen LogP contribution in [0.2, 0.25) is 0 Å². The predicted molar refractivity (Wildman–Crippen MR) is 130 cm³/mol. The van der Waals surface area contributed by atoms with Gasteiger partial charge in [0.1, 0.15) is 5.82 Å². The first kappa shape index (κ1) is 24.3. The Hall–Kier alpha value is -2.78. The molecule has 1 aliphatic heterocycles. The standard InChI is InChI=1S/C25H30FN5O2S/c1-15-22(18(4)32)16(2)27-23(15)21(33)14-34-25-29-28-24(17(3)30-12-6-5-7-13-30)31(25)20-10-8-19(26)9-11-20/h8-11,17,27H,5-7,12-14H2,1-4H3/t17-/m0/s1. The highest BCUT2D eigenvalue weighted by atomic mass is 32.2. The van der Waals surface area contributed by atoms with E-state index < -0.39 is 0 Å². The summed E-state index contributed by atoms with van der Waals surface area (Å²) in [5.41, 5.74) is 3.15. The van der Waals surface area contributed by atoms with Crippen LogP contribution in [0.4, 0.5) is 4.39 Å². The molecule has 0 unspecified atom stereocenters. The van der Waals surface area contributed by atoms with E-state index in [-0.39, 0.29) is 29.2 Å². The maximum absolute atomic E-state index is 13.6. The Morgan fingerprint density at radius 3 is 2.41 bits per heavy atom. The molecule has 1 fully saturated rings. The topological polar surface area (TPSA) is 83.9 Å². The summed E-state index contributed by atoms with van der Waals surface area (Å²) < 4.78 is 15.5. The number of aromatic nitrogens is 4. The molecule has 3 heterocycles. The zero-order valence-corrected chi connectivity index (χ0v) is 20.8.